The van der Waals surface area contributed by atoms with E-state index in [1.165, 1.54) is 16.8 Å². The van der Waals surface area contributed by atoms with Crippen molar-refractivity contribution in [3.63, 3.8) is 0 Å². The molecule has 0 atom stereocenters. The molecule has 1 N–H and O–H groups in total. The van der Waals surface area contributed by atoms with Gasteiger partial charge in [-0.3, -0.25) is 4.57 Å². The van der Waals surface area contributed by atoms with E-state index in [-0.39, 0.29) is 0 Å². The number of aromatic amines is 1. The first-order valence-electron chi connectivity index (χ1n) is 7.00. The van der Waals surface area contributed by atoms with Gasteiger partial charge in [0, 0.05) is 0 Å². The van der Waals surface area contributed by atoms with Gasteiger partial charge in [-0.2, -0.15) is 0 Å². The SMILES string of the molecule is CCCc1ccccc1-n1c(=S)[nH]c2ccc(C)cc21. The Morgan fingerprint density at radius 1 is 1.15 bits per heavy atom. The van der Waals surface area contributed by atoms with Gasteiger partial charge in [0.25, 0.3) is 0 Å². The Balaban J connectivity index is 2.32. The highest BCUT2D eigenvalue weighted by Gasteiger charge is 2.09. The number of nitrogens with zero attached hydrogens (tertiary/aromatic N) is 1. The monoisotopic (exact) mass is 282 g/mol. The predicted octanol–water partition coefficient (Wildman–Crippen LogP) is 4.95. The van der Waals surface area contributed by atoms with Crippen molar-refractivity contribution < 1.29 is 0 Å². The summed E-state index contributed by atoms with van der Waals surface area (Å²) >= 11 is 5.53. The number of hydrogen-bond acceptors (Lipinski definition) is 1. The fourth-order valence-electron chi connectivity index (χ4n) is 2.66. The quantitative estimate of drug-likeness (QED) is 0.674. The number of para-hydroxylation sites is 1. The molecule has 0 saturated carbocycles. The normalized spacial score (nSPS) is 11.1. The zero-order valence-corrected chi connectivity index (χ0v) is 12.6. The van der Waals surface area contributed by atoms with Crippen molar-refractivity contribution >= 4 is 23.3 Å². The Hall–Kier alpha value is -1.87. The number of H-pyrrole nitrogens is 1. The van der Waals surface area contributed by atoms with Gasteiger partial charge in [0.1, 0.15) is 0 Å². The fraction of sp³-hybridized carbons (Fsp3) is 0.235. The average molecular weight is 282 g/mol. The number of imidazole rings is 1. The van der Waals surface area contributed by atoms with Gasteiger partial charge in [0.15, 0.2) is 4.77 Å². The molecule has 3 heteroatoms. The first-order valence-corrected chi connectivity index (χ1v) is 7.41. The molecule has 2 nitrogen and oxygen atoms in total. The van der Waals surface area contributed by atoms with E-state index in [0.717, 1.165) is 28.6 Å². The molecule has 3 aromatic rings. The summed E-state index contributed by atoms with van der Waals surface area (Å²) < 4.78 is 2.91. The molecule has 3 rings (SSSR count). The number of hydrogen-bond donors (Lipinski definition) is 1. The molecule has 1 heterocycles. The van der Waals surface area contributed by atoms with Gasteiger partial charge in [-0.15, -0.1) is 0 Å². The summed E-state index contributed by atoms with van der Waals surface area (Å²) in [6.45, 7) is 4.31. The Kier molecular flexibility index (Phi) is 3.45. The summed E-state index contributed by atoms with van der Waals surface area (Å²) in [4.78, 5) is 3.30. The molecule has 0 fully saturated rings. The third kappa shape index (κ3) is 2.18. The molecule has 0 aliphatic rings. The lowest BCUT2D eigenvalue weighted by atomic mass is 10.1. The second-order valence-electron chi connectivity index (χ2n) is 5.16. The highest BCUT2D eigenvalue weighted by atomic mass is 32.1. The van der Waals surface area contributed by atoms with Crippen molar-refractivity contribution in [2.24, 2.45) is 0 Å². The van der Waals surface area contributed by atoms with Crippen LogP contribution in [0.5, 0.6) is 0 Å². The highest BCUT2D eigenvalue weighted by Crippen LogP contribution is 2.24. The van der Waals surface area contributed by atoms with E-state index in [0.29, 0.717) is 0 Å². The molecular weight excluding hydrogens is 264 g/mol. The second kappa shape index (κ2) is 5.25. The molecule has 0 bridgehead atoms. The number of aryl methyl sites for hydroxylation is 2. The summed E-state index contributed by atoms with van der Waals surface area (Å²) in [5, 5.41) is 0. The molecule has 0 spiro atoms. The van der Waals surface area contributed by atoms with Crippen LogP contribution < -0.4 is 0 Å². The van der Waals surface area contributed by atoms with E-state index in [1.54, 1.807) is 0 Å². The molecule has 20 heavy (non-hydrogen) atoms. The van der Waals surface area contributed by atoms with Gasteiger partial charge in [0.2, 0.25) is 0 Å². The Morgan fingerprint density at radius 3 is 2.75 bits per heavy atom. The maximum atomic E-state index is 5.53. The van der Waals surface area contributed by atoms with Gasteiger partial charge in [0.05, 0.1) is 16.7 Å². The number of rotatable bonds is 3. The van der Waals surface area contributed by atoms with E-state index in [2.05, 4.69) is 65.9 Å². The lowest BCUT2D eigenvalue weighted by Crippen LogP contribution is -1.99. The topological polar surface area (TPSA) is 20.7 Å². The third-order valence-electron chi connectivity index (χ3n) is 3.59. The highest BCUT2D eigenvalue weighted by molar-refractivity contribution is 7.71. The maximum Gasteiger partial charge on any atom is 0.182 e. The lowest BCUT2D eigenvalue weighted by molar-refractivity contribution is 0.900. The minimum Gasteiger partial charge on any atom is -0.330 e. The van der Waals surface area contributed by atoms with Crippen LogP contribution in [0.3, 0.4) is 0 Å². The van der Waals surface area contributed by atoms with Crippen LogP contribution in [-0.4, -0.2) is 9.55 Å². The van der Waals surface area contributed by atoms with Gasteiger partial charge in [-0.1, -0.05) is 37.6 Å². The second-order valence-corrected chi connectivity index (χ2v) is 5.55. The molecule has 0 radical (unpaired) electrons. The zero-order chi connectivity index (χ0) is 14.1. The number of nitrogens with one attached hydrogen (secondary N) is 1. The van der Waals surface area contributed by atoms with Crippen molar-refractivity contribution in [2.75, 3.05) is 0 Å². The Morgan fingerprint density at radius 2 is 1.95 bits per heavy atom. The summed E-state index contributed by atoms with van der Waals surface area (Å²) in [6.07, 6.45) is 2.20. The maximum absolute atomic E-state index is 5.53. The van der Waals surface area contributed by atoms with E-state index >= 15 is 0 Å². The predicted molar refractivity (Wildman–Crippen MR) is 87.2 cm³/mol. The largest absolute Gasteiger partial charge is 0.330 e. The molecule has 0 aliphatic heterocycles. The van der Waals surface area contributed by atoms with E-state index in [9.17, 15) is 0 Å². The number of benzene rings is 2. The van der Waals surface area contributed by atoms with E-state index in [4.69, 9.17) is 12.2 Å². The zero-order valence-electron chi connectivity index (χ0n) is 11.8. The van der Waals surface area contributed by atoms with Crippen LogP contribution in [0.4, 0.5) is 0 Å². The van der Waals surface area contributed by atoms with Gasteiger partial charge in [-0.25, -0.2) is 0 Å². The van der Waals surface area contributed by atoms with Gasteiger partial charge >= 0.3 is 0 Å². The van der Waals surface area contributed by atoms with Crippen molar-refractivity contribution in [2.45, 2.75) is 26.7 Å². The summed E-state index contributed by atoms with van der Waals surface area (Å²) in [7, 11) is 0. The smallest absolute Gasteiger partial charge is 0.182 e. The van der Waals surface area contributed by atoms with E-state index in [1.807, 2.05) is 0 Å². The first kappa shape index (κ1) is 13.1. The molecule has 1 aromatic heterocycles. The van der Waals surface area contributed by atoms with Crippen LogP contribution in [-0.2, 0) is 6.42 Å². The van der Waals surface area contributed by atoms with Crippen LogP contribution in [0.25, 0.3) is 16.7 Å². The van der Waals surface area contributed by atoms with Crippen molar-refractivity contribution in [1.82, 2.24) is 9.55 Å². The molecule has 0 unspecified atom stereocenters. The molecule has 0 saturated heterocycles. The first-order chi connectivity index (χ1) is 9.70. The summed E-state index contributed by atoms with van der Waals surface area (Å²) in [5.41, 5.74) is 6.02. The van der Waals surface area contributed by atoms with Crippen LogP contribution in [0, 0.1) is 11.7 Å². The summed E-state index contributed by atoms with van der Waals surface area (Å²) in [5.74, 6) is 0. The summed E-state index contributed by atoms with van der Waals surface area (Å²) in [6, 6.07) is 14.9. The fourth-order valence-corrected chi connectivity index (χ4v) is 2.97. The lowest BCUT2D eigenvalue weighted by Gasteiger charge is -2.11. The molecule has 2 aromatic carbocycles. The van der Waals surface area contributed by atoms with Crippen LogP contribution >= 0.6 is 12.2 Å². The Labute approximate surface area is 124 Å². The average Bonchev–Trinajstić information content (AvgIpc) is 2.75. The number of fused-ring (bicyclic) bond motifs is 1. The third-order valence-corrected chi connectivity index (χ3v) is 3.88. The number of aromatic nitrogens is 2. The Bertz CT molecular complexity index is 811. The van der Waals surface area contributed by atoms with Crippen LogP contribution in [0.1, 0.15) is 24.5 Å². The van der Waals surface area contributed by atoms with Crippen molar-refractivity contribution in [1.29, 1.82) is 0 Å². The molecule has 0 aliphatic carbocycles. The van der Waals surface area contributed by atoms with E-state index < -0.39 is 0 Å². The van der Waals surface area contributed by atoms with Gasteiger partial charge < -0.3 is 4.98 Å². The standard InChI is InChI=1S/C17H18N2S/c1-3-6-13-7-4-5-8-15(13)19-16-11-12(2)9-10-14(16)18-17(19)20/h4-5,7-11H,3,6H2,1-2H3,(H,18,20). The molecule has 0 amide bonds. The van der Waals surface area contributed by atoms with Crippen LogP contribution in [0.15, 0.2) is 42.5 Å². The molecule has 102 valence electrons. The van der Waals surface area contributed by atoms with Crippen molar-refractivity contribution in [3.05, 3.63) is 58.4 Å². The van der Waals surface area contributed by atoms with Crippen molar-refractivity contribution in [3.8, 4) is 5.69 Å². The minimum atomic E-state index is 0.758. The minimum absolute atomic E-state index is 0.758. The van der Waals surface area contributed by atoms with Crippen LogP contribution in [0.2, 0.25) is 0 Å². The molecular formula is C17H18N2S. The van der Waals surface area contributed by atoms with Gasteiger partial charge in [-0.05, 0) is 54.9 Å².